The average Bonchev–Trinajstić information content (AvgIpc) is 2.14. The average molecular weight is 230 g/mol. The molecular formula is C8H14N4O2S. The third-order valence-corrected chi connectivity index (χ3v) is 2.31. The van der Waals surface area contributed by atoms with Crippen molar-refractivity contribution in [1.82, 2.24) is 14.7 Å². The quantitative estimate of drug-likeness (QED) is 0.761. The first-order valence-corrected chi connectivity index (χ1v) is 6.21. The maximum absolute atomic E-state index is 10.8. The van der Waals surface area contributed by atoms with Crippen LogP contribution < -0.4 is 9.62 Å². The number of rotatable bonds is 4. The fraction of sp³-hybridized carbons (Fsp3) is 0.500. The fourth-order valence-corrected chi connectivity index (χ4v) is 1.31. The first kappa shape index (κ1) is 11.9. The molecule has 0 amide bonds. The van der Waals surface area contributed by atoms with Crippen molar-refractivity contribution < 1.29 is 8.42 Å². The van der Waals surface area contributed by atoms with Gasteiger partial charge >= 0.3 is 0 Å². The van der Waals surface area contributed by atoms with Crippen LogP contribution in [0.4, 0.5) is 5.82 Å². The molecule has 0 atom stereocenters. The second kappa shape index (κ2) is 4.54. The Morgan fingerprint density at radius 3 is 2.67 bits per heavy atom. The molecule has 0 unspecified atom stereocenters. The second-order valence-electron chi connectivity index (χ2n) is 3.32. The molecule has 0 spiro atoms. The molecule has 0 bridgehead atoms. The summed E-state index contributed by atoms with van der Waals surface area (Å²) >= 11 is 0. The highest BCUT2D eigenvalue weighted by atomic mass is 32.2. The SMILES string of the molecule is CN(C)c1ccnc(CNS(C)(=O)=O)n1. The van der Waals surface area contributed by atoms with Crippen molar-refractivity contribution in [1.29, 1.82) is 0 Å². The zero-order chi connectivity index (χ0) is 11.5. The number of hydrogen-bond donors (Lipinski definition) is 1. The standard InChI is InChI=1S/C8H14N4O2S/c1-12(2)8-4-5-9-7(11-8)6-10-15(3,13)14/h4-5,10H,6H2,1-3H3. The number of sulfonamides is 1. The largest absolute Gasteiger partial charge is 0.363 e. The third kappa shape index (κ3) is 4.22. The van der Waals surface area contributed by atoms with E-state index in [0.29, 0.717) is 5.82 Å². The molecular weight excluding hydrogens is 216 g/mol. The number of anilines is 1. The Balaban J connectivity index is 2.74. The molecule has 0 aromatic carbocycles. The van der Waals surface area contributed by atoms with Gasteiger partial charge in [0.25, 0.3) is 0 Å². The fourth-order valence-electron chi connectivity index (χ4n) is 0.918. The molecule has 15 heavy (non-hydrogen) atoms. The summed E-state index contributed by atoms with van der Waals surface area (Å²) in [5, 5.41) is 0. The number of aromatic nitrogens is 2. The summed E-state index contributed by atoms with van der Waals surface area (Å²) in [6.45, 7) is 0.112. The van der Waals surface area contributed by atoms with Crippen molar-refractivity contribution in [3.05, 3.63) is 18.1 Å². The zero-order valence-corrected chi connectivity index (χ0v) is 9.74. The number of hydrogen-bond acceptors (Lipinski definition) is 5. The van der Waals surface area contributed by atoms with Crippen LogP contribution in [0.3, 0.4) is 0 Å². The summed E-state index contributed by atoms with van der Waals surface area (Å²) in [5.74, 6) is 1.20. The Labute approximate surface area is 89.4 Å². The Morgan fingerprint density at radius 2 is 2.13 bits per heavy atom. The zero-order valence-electron chi connectivity index (χ0n) is 8.93. The van der Waals surface area contributed by atoms with Gasteiger partial charge in [-0.05, 0) is 6.07 Å². The lowest BCUT2D eigenvalue weighted by atomic mass is 10.5. The van der Waals surface area contributed by atoms with Gasteiger partial charge in [-0.15, -0.1) is 0 Å². The Bertz CT molecular complexity index is 430. The van der Waals surface area contributed by atoms with E-state index in [-0.39, 0.29) is 6.54 Å². The van der Waals surface area contributed by atoms with E-state index >= 15 is 0 Å². The van der Waals surface area contributed by atoms with Crippen LogP contribution in [-0.2, 0) is 16.6 Å². The van der Waals surface area contributed by atoms with Gasteiger partial charge in [0.2, 0.25) is 10.0 Å². The van der Waals surface area contributed by atoms with Gasteiger partial charge in [0.05, 0.1) is 12.8 Å². The van der Waals surface area contributed by atoms with Crippen LogP contribution in [0.1, 0.15) is 5.82 Å². The van der Waals surface area contributed by atoms with E-state index in [0.717, 1.165) is 12.1 Å². The van der Waals surface area contributed by atoms with Crippen molar-refractivity contribution >= 4 is 15.8 Å². The lowest BCUT2D eigenvalue weighted by Gasteiger charge is -2.11. The van der Waals surface area contributed by atoms with E-state index in [9.17, 15) is 8.42 Å². The van der Waals surface area contributed by atoms with Gasteiger partial charge in [0.1, 0.15) is 11.6 Å². The molecule has 0 saturated carbocycles. The summed E-state index contributed by atoms with van der Waals surface area (Å²) < 4.78 is 24.0. The van der Waals surface area contributed by atoms with Gasteiger partial charge in [-0.1, -0.05) is 0 Å². The van der Waals surface area contributed by atoms with E-state index < -0.39 is 10.0 Å². The summed E-state index contributed by atoms with van der Waals surface area (Å²) in [4.78, 5) is 9.95. The maximum atomic E-state index is 10.8. The highest BCUT2D eigenvalue weighted by Crippen LogP contribution is 2.04. The molecule has 1 N–H and O–H groups in total. The van der Waals surface area contributed by atoms with Gasteiger partial charge in [-0.25, -0.2) is 23.1 Å². The van der Waals surface area contributed by atoms with E-state index in [1.165, 1.54) is 0 Å². The summed E-state index contributed by atoms with van der Waals surface area (Å²) in [6.07, 6.45) is 2.70. The van der Waals surface area contributed by atoms with Gasteiger partial charge < -0.3 is 4.90 Å². The van der Waals surface area contributed by atoms with Gasteiger partial charge in [-0.3, -0.25) is 0 Å². The second-order valence-corrected chi connectivity index (χ2v) is 5.15. The molecule has 0 radical (unpaired) electrons. The van der Waals surface area contributed by atoms with Crippen LogP contribution in [0.5, 0.6) is 0 Å². The van der Waals surface area contributed by atoms with Crippen LogP contribution in [0.25, 0.3) is 0 Å². The minimum Gasteiger partial charge on any atom is -0.363 e. The Morgan fingerprint density at radius 1 is 1.47 bits per heavy atom. The molecule has 84 valence electrons. The van der Waals surface area contributed by atoms with Crippen LogP contribution in [0.2, 0.25) is 0 Å². The lowest BCUT2D eigenvalue weighted by molar-refractivity contribution is 0.585. The normalized spacial score (nSPS) is 11.4. The molecule has 0 aliphatic heterocycles. The summed E-state index contributed by atoms with van der Waals surface area (Å²) in [7, 11) is 0.515. The smallest absolute Gasteiger partial charge is 0.209 e. The van der Waals surface area contributed by atoms with Crippen molar-refractivity contribution in [2.75, 3.05) is 25.3 Å². The van der Waals surface area contributed by atoms with E-state index in [1.54, 1.807) is 12.3 Å². The minimum absolute atomic E-state index is 0.112. The Kier molecular flexibility index (Phi) is 3.59. The predicted molar refractivity (Wildman–Crippen MR) is 58.0 cm³/mol. The summed E-state index contributed by atoms with van der Waals surface area (Å²) in [6, 6.07) is 1.75. The monoisotopic (exact) mass is 230 g/mol. The first-order valence-electron chi connectivity index (χ1n) is 4.32. The lowest BCUT2D eigenvalue weighted by Crippen LogP contribution is -2.23. The molecule has 1 rings (SSSR count). The minimum atomic E-state index is -3.20. The van der Waals surface area contributed by atoms with Gasteiger partial charge in [0, 0.05) is 20.3 Å². The molecule has 0 fully saturated rings. The molecule has 6 nitrogen and oxygen atoms in total. The van der Waals surface area contributed by atoms with Crippen LogP contribution in [-0.4, -0.2) is 38.7 Å². The first-order chi connectivity index (χ1) is 6.88. The van der Waals surface area contributed by atoms with Crippen LogP contribution in [0, 0.1) is 0 Å². The van der Waals surface area contributed by atoms with E-state index in [1.807, 2.05) is 19.0 Å². The topological polar surface area (TPSA) is 75.2 Å². The maximum Gasteiger partial charge on any atom is 0.209 e. The highest BCUT2D eigenvalue weighted by Gasteiger charge is 2.04. The van der Waals surface area contributed by atoms with E-state index in [2.05, 4.69) is 14.7 Å². The van der Waals surface area contributed by atoms with Crippen LogP contribution in [0.15, 0.2) is 12.3 Å². The molecule has 0 aliphatic carbocycles. The number of nitrogens with zero attached hydrogens (tertiary/aromatic N) is 3. The molecule has 7 heteroatoms. The highest BCUT2D eigenvalue weighted by molar-refractivity contribution is 7.88. The molecule has 1 heterocycles. The molecule has 1 aromatic heterocycles. The van der Waals surface area contributed by atoms with Crippen molar-refractivity contribution in [2.24, 2.45) is 0 Å². The molecule has 0 saturated heterocycles. The summed E-state index contributed by atoms with van der Waals surface area (Å²) in [5.41, 5.74) is 0. The predicted octanol–water partition coefficient (Wildman–Crippen LogP) is -0.408. The molecule has 1 aromatic rings. The van der Waals surface area contributed by atoms with Crippen molar-refractivity contribution in [3.63, 3.8) is 0 Å². The Hall–Kier alpha value is -1.21. The third-order valence-electron chi connectivity index (χ3n) is 1.64. The molecule has 0 aliphatic rings. The van der Waals surface area contributed by atoms with Gasteiger partial charge in [-0.2, -0.15) is 0 Å². The number of nitrogens with one attached hydrogen (secondary N) is 1. The van der Waals surface area contributed by atoms with Crippen molar-refractivity contribution in [2.45, 2.75) is 6.54 Å². The van der Waals surface area contributed by atoms with Crippen molar-refractivity contribution in [3.8, 4) is 0 Å². The van der Waals surface area contributed by atoms with Gasteiger partial charge in [0.15, 0.2) is 0 Å². The van der Waals surface area contributed by atoms with Crippen LogP contribution >= 0.6 is 0 Å². The van der Waals surface area contributed by atoms with E-state index in [4.69, 9.17) is 0 Å².